The minimum Gasteiger partial charge on any atom is -0.545 e. The van der Waals surface area contributed by atoms with Gasteiger partial charge in [0, 0.05) is 12.8 Å². The van der Waals surface area contributed by atoms with Crippen molar-refractivity contribution in [3.8, 4) is 0 Å². The normalized spacial score (nSPS) is 12.9. The Balaban J connectivity index is 3.96. The van der Waals surface area contributed by atoms with Crippen LogP contribution in [0.2, 0.25) is 0 Å². The van der Waals surface area contributed by atoms with Crippen molar-refractivity contribution in [2.24, 2.45) is 0 Å². The highest BCUT2D eigenvalue weighted by molar-refractivity contribution is 5.70. The van der Waals surface area contributed by atoms with Crippen LogP contribution in [0, 0.1) is 0 Å². The van der Waals surface area contributed by atoms with Gasteiger partial charge >= 0.3 is 11.9 Å². The summed E-state index contributed by atoms with van der Waals surface area (Å²) in [6.07, 6.45) is 99.3. The third-order valence-electron chi connectivity index (χ3n) is 18.7. The molecule has 0 amide bonds. The van der Waals surface area contributed by atoms with Crippen LogP contribution >= 0.6 is 0 Å². The number of unbranched alkanes of at least 4 members (excludes halogenated alkanes) is 53. The van der Waals surface area contributed by atoms with Gasteiger partial charge < -0.3 is 33.3 Å². The lowest BCUT2D eigenvalue weighted by Gasteiger charge is -2.26. The van der Waals surface area contributed by atoms with Gasteiger partial charge in [-0.2, -0.15) is 0 Å². The molecule has 2 unspecified atom stereocenters. The van der Waals surface area contributed by atoms with E-state index in [0.29, 0.717) is 17.4 Å². The molecule has 2 atom stereocenters. The number of allylic oxidation sites excluding steroid dienone is 10. The van der Waals surface area contributed by atoms with E-state index in [1.54, 1.807) is 0 Å². The zero-order chi connectivity index (χ0) is 69.0. The molecule has 0 aromatic heterocycles. The third kappa shape index (κ3) is 78.2. The summed E-state index contributed by atoms with van der Waals surface area (Å²) in [6, 6.07) is 0. The van der Waals surface area contributed by atoms with E-state index < -0.39 is 24.3 Å². The van der Waals surface area contributed by atoms with Crippen LogP contribution in [-0.4, -0.2) is 82.3 Å². The van der Waals surface area contributed by atoms with E-state index >= 15 is 0 Å². The van der Waals surface area contributed by atoms with Crippen LogP contribution in [0.15, 0.2) is 60.8 Å². The second-order valence-corrected chi connectivity index (χ2v) is 29.4. The molecule has 0 aromatic rings. The van der Waals surface area contributed by atoms with Crippen molar-refractivity contribution in [3.05, 3.63) is 60.8 Å². The number of nitrogens with zero attached hydrogens (tertiary/aromatic N) is 1. The zero-order valence-electron chi connectivity index (χ0n) is 63.8. The Morgan fingerprint density at radius 1 is 0.316 bits per heavy atom. The molecule has 0 aliphatic heterocycles. The Labute approximate surface area is 590 Å². The molecule has 0 radical (unpaired) electrons. The Kier molecular flexibility index (Phi) is 74.3. The number of hydrogen-bond acceptors (Lipinski definition) is 8. The molecule has 0 spiro atoms. The Bertz CT molecular complexity index is 1750. The van der Waals surface area contributed by atoms with Crippen molar-refractivity contribution in [1.29, 1.82) is 0 Å². The maximum absolute atomic E-state index is 13.0. The minimum atomic E-state index is -1.62. The van der Waals surface area contributed by atoms with Crippen LogP contribution in [0.1, 0.15) is 412 Å². The van der Waals surface area contributed by atoms with E-state index in [1.807, 2.05) is 21.1 Å². The Hall–Kier alpha value is -3.01. The summed E-state index contributed by atoms with van der Waals surface area (Å²) in [7, 11) is 5.95. The predicted molar refractivity (Wildman–Crippen MR) is 408 cm³/mol. The maximum Gasteiger partial charge on any atom is 0.306 e. The number of aliphatic carboxylic acids is 1. The molecule has 0 N–H and O–H groups in total. The van der Waals surface area contributed by atoms with Crippen LogP contribution in [0.3, 0.4) is 0 Å². The van der Waals surface area contributed by atoms with Crippen LogP contribution in [0.25, 0.3) is 0 Å². The van der Waals surface area contributed by atoms with Crippen molar-refractivity contribution < 1.29 is 42.9 Å². The monoisotopic (exact) mass is 1330 g/mol. The molecule has 95 heavy (non-hydrogen) atoms. The first-order chi connectivity index (χ1) is 46.6. The fourth-order valence-corrected chi connectivity index (χ4v) is 12.4. The summed E-state index contributed by atoms with van der Waals surface area (Å²) in [5.41, 5.74) is 0. The van der Waals surface area contributed by atoms with Crippen molar-refractivity contribution in [1.82, 2.24) is 0 Å². The molecular formula is C86H159NO8. The molecule has 0 rings (SSSR count). The van der Waals surface area contributed by atoms with E-state index in [0.717, 1.165) is 57.8 Å². The number of ether oxygens (including phenoxy) is 4. The second-order valence-electron chi connectivity index (χ2n) is 29.4. The topological polar surface area (TPSA) is 111 Å². The average Bonchev–Trinajstić information content (AvgIpc) is 3.75. The maximum atomic E-state index is 13.0. The van der Waals surface area contributed by atoms with Gasteiger partial charge in [0.15, 0.2) is 12.4 Å². The van der Waals surface area contributed by atoms with Crippen LogP contribution in [-0.2, 0) is 33.3 Å². The molecule has 556 valence electrons. The minimum absolute atomic E-state index is 0.150. The van der Waals surface area contributed by atoms with Crippen molar-refractivity contribution in [2.45, 2.75) is 424 Å². The highest BCUT2D eigenvalue weighted by Gasteiger charge is 2.22. The number of carboxylic acid groups (broad SMARTS) is 1. The molecule has 0 heterocycles. The van der Waals surface area contributed by atoms with Gasteiger partial charge in [0.2, 0.25) is 0 Å². The summed E-state index contributed by atoms with van der Waals surface area (Å²) < 4.78 is 22.9. The first-order valence-corrected chi connectivity index (χ1v) is 41.4. The predicted octanol–water partition coefficient (Wildman–Crippen LogP) is 25.3. The Morgan fingerprint density at radius 2 is 0.568 bits per heavy atom. The number of carboxylic acids is 1. The van der Waals surface area contributed by atoms with Crippen LogP contribution in [0.5, 0.6) is 0 Å². The van der Waals surface area contributed by atoms with Gasteiger partial charge in [-0.1, -0.05) is 376 Å². The zero-order valence-corrected chi connectivity index (χ0v) is 63.8. The third-order valence-corrected chi connectivity index (χ3v) is 18.7. The summed E-state index contributed by atoms with van der Waals surface area (Å²) in [5.74, 6) is -2.25. The van der Waals surface area contributed by atoms with E-state index in [-0.39, 0.29) is 32.2 Å². The van der Waals surface area contributed by atoms with Gasteiger partial charge in [0.25, 0.3) is 0 Å². The molecule has 9 heteroatoms. The first-order valence-electron chi connectivity index (χ1n) is 41.4. The number of rotatable bonds is 78. The van der Waals surface area contributed by atoms with Gasteiger partial charge in [-0.25, -0.2) is 0 Å². The van der Waals surface area contributed by atoms with Crippen LogP contribution in [0.4, 0.5) is 0 Å². The van der Waals surface area contributed by atoms with E-state index in [9.17, 15) is 19.5 Å². The lowest BCUT2D eigenvalue weighted by molar-refractivity contribution is -0.870. The number of esters is 2. The fraction of sp³-hybridized carbons (Fsp3) is 0.849. The SMILES string of the molecule is CCCCCCC/C=C\C/C=C\C/C=C\CCCCCCCCCCCCCCCCCCCCCCCCC(=O)OC(COC(=O)CCCCCCCCCCCCCCCCCCCCCCC/C=C\C/C=C\CCCCCCC)COC(OCC[N+](C)(C)C)C(=O)[O-]. The standard InChI is InChI=1S/C86H159NO8/c1-6-8-10-12-14-16-18-20-22-24-26-28-30-32-34-36-38-40-41-42-43-45-47-49-51-53-55-57-59-61-63-65-67-69-71-73-75-77-84(89)95-82(81-94-86(85(90)91)92-79-78-87(3,4)5)80-93-83(88)76-74-72-70-68-66-64-62-60-58-56-54-52-50-48-46-44-39-37-35-33-31-29-27-25-23-21-19-17-15-13-11-9-7-2/h18-21,24-27,30,32,82,86H,6-17,22-23,28-29,31,33-81H2,1-5H3/b20-18-,21-19-,26-24-,27-25-,32-30-. The molecule has 0 aliphatic rings. The molecular weight excluding hydrogens is 1170 g/mol. The smallest absolute Gasteiger partial charge is 0.306 e. The molecule has 0 fully saturated rings. The highest BCUT2D eigenvalue weighted by Crippen LogP contribution is 2.20. The molecule has 0 bridgehead atoms. The van der Waals surface area contributed by atoms with Crippen molar-refractivity contribution >= 4 is 17.9 Å². The molecule has 0 saturated carbocycles. The summed E-state index contributed by atoms with van der Waals surface area (Å²) in [5, 5.41) is 11.9. The molecule has 0 saturated heterocycles. The van der Waals surface area contributed by atoms with Gasteiger partial charge in [0.1, 0.15) is 13.2 Å². The largest absolute Gasteiger partial charge is 0.545 e. The van der Waals surface area contributed by atoms with Crippen LogP contribution < -0.4 is 5.11 Å². The number of likely N-dealkylation sites (N-methyl/N-ethyl adjacent to an activating group) is 1. The van der Waals surface area contributed by atoms with Crippen molar-refractivity contribution in [3.63, 3.8) is 0 Å². The van der Waals surface area contributed by atoms with Crippen molar-refractivity contribution in [2.75, 3.05) is 47.5 Å². The first kappa shape index (κ1) is 92.0. The fourth-order valence-electron chi connectivity index (χ4n) is 12.4. The van der Waals surface area contributed by atoms with E-state index in [1.165, 1.54) is 327 Å². The highest BCUT2D eigenvalue weighted by atomic mass is 16.7. The summed E-state index contributed by atoms with van der Waals surface area (Å²) >= 11 is 0. The number of carbonyl (C=O) groups is 3. The molecule has 0 aliphatic carbocycles. The van der Waals surface area contributed by atoms with E-state index in [4.69, 9.17) is 18.9 Å². The van der Waals surface area contributed by atoms with Gasteiger partial charge in [-0.05, 0) is 83.5 Å². The Morgan fingerprint density at radius 3 is 0.842 bits per heavy atom. The number of quaternary nitrogens is 1. The quantitative estimate of drug-likeness (QED) is 0.0195. The average molecular weight is 1340 g/mol. The summed E-state index contributed by atoms with van der Waals surface area (Å²) in [6.45, 7) is 4.80. The number of hydrogen-bond donors (Lipinski definition) is 0. The lowest BCUT2D eigenvalue weighted by Crippen LogP contribution is -2.44. The van der Waals surface area contributed by atoms with Gasteiger partial charge in [-0.15, -0.1) is 0 Å². The number of carbonyl (C=O) groups excluding carboxylic acids is 3. The second kappa shape index (κ2) is 76.7. The van der Waals surface area contributed by atoms with Gasteiger partial charge in [-0.3, -0.25) is 9.59 Å². The van der Waals surface area contributed by atoms with E-state index in [2.05, 4.69) is 74.6 Å². The summed E-state index contributed by atoms with van der Waals surface area (Å²) in [4.78, 5) is 37.6. The lowest BCUT2D eigenvalue weighted by atomic mass is 10.0. The molecule has 9 nitrogen and oxygen atoms in total. The van der Waals surface area contributed by atoms with Gasteiger partial charge in [0.05, 0.1) is 40.3 Å². The molecule has 0 aromatic carbocycles.